The van der Waals surface area contributed by atoms with Crippen LogP contribution in [0.4, 0.5) is 0 Å². The van der Waals surface area contributed by atoms with Gasteiger partial charge in [-0.2, -0.15) is 0 Å². The van der Waals surface area contributed by atoms with Gasteiger partial charge >= 0.3 is 0 Å². The lowest BCUT2D eigenvalue weighted by molar-refractivity contribution is 0.411. The zero-order chi connectivity index (χ0) is 15.2. The molecule has 1 aromatic carbocycles. The van der Waals surface area contributed by atoms with E-state index in [0.717, 1.165) is 12.2 Å². The van der Waals surface area contributed by atoms with Crippen molar-refractivity contribution in [2.24, 2.45) is 0 Å². The van der Waals surface area contributed by atoms with Crippen molar-refractivity contribution in [3.05, 3.63) is 39.0 Å². The number of ether oxygens (including phenoxy) is 1. The van der Waals surface area contributed by atoms with Crippen molar-refractivity contribution in [3.63, 3.8) is 0 Å². The zero-order valence-electron chi connectivity index (χ0n) is 13.4. The van der Waals surface area contributed by atoms with Crippen LogP contribution >= 0.6 is 22.6 Å². The Morgan fingerprint density at radius 1 is 1.20 bits per heavy atom. The summed E-state index contributed by atoms with van der Waals surface area (Å²) in [6.45, 7) is 9.35. The summed E-state index contributed by atoms with van der Waals surface area (Å²) in [5.41, 5.74) is 2.63. The van der Waals surface area contributed by atoms with Crippen molar-refractivity contribution in [3.8, 4) is 5.75 Å². The number of allylic oxidation sites excluding steroid dienone is 2. The first-order valence-electron chi connectivity index (χ1n) is 7.31. The minimum Gasteiger partial charge on any atom is -0.496 e. The Hall–Kier alpha value is -0.293. The maximum atomic E-state index is 5.41. The maximum Gasteiger partial charge on any atom is 0.122 e. The van der Waals surface area contributed by atoms with Gasteiger partial charge in [0.05, 0.1) is 7.11 Å². The third kappa shape index (κ3) is 6.44. The minimum atomic E-state index is -0.914. The molecule has 1 rings (SSSR count). The van der Waals surface area contributed by atoms with Gasteiger partial charge in [-0.05, 0) is 78.1 Å². The second kappa shape index (κ2) is 8.22. The van der Waals surface area contributed by atoms with Crippen LogP contribution in [-0.4, -0.2) is 15.2 Å². The molecule has 0 aliphatic heterocycles. The Morgan fingerprint density at radius 2 is 1.90 bits per heavy atom. The average molecular weight is 402 g/mol. The largest absolute Gasteiger partial charge is 0.496 e. The fourth-order valence-electron chi connectivity index (χ4n) is 2.07. The Labute approximate surface area is 139 Å². The van der Waals surface area contributed by atoms with Gasteiger partial charge in [-0.3, -0.25) is 0 Å². The molecule has 0 unspecified atom stereocenters. The molecule has 0 amide bonds. The van der Waals surface area contributed by atoms with Crippen LogP contribution in [0, 0.1) is 10.5 Å². The van der Waals surface area contributed by atoms with Crippen molar-refractivity contribution in [2.45, 2.75) is 51.9 Å². The normalized spacial score (nSPS) is 12.1. The summed E-state index contributed by atoms with van der Waals surface area (Å²) in [6, 6.07) is 5.71. The van der Waals surface area contributed by atoms with E-state index in [2.05, 4.69) is 73.4 Å². The minimum absolute atomic E-state index is 0.914. The van der Waals surface area contributed by atoms with E-state index < -0.39 is 8.07 Å². The lowest BCUT2D eigenvalue weighted by atomic mass is 10.1. The average Bonchev–Trinajstić information content (AvgIpc) is 2.34. The zero-order valence-corrected chi connectivity index (χ0v) is 16.6. The van der Waals surface area contributed by atoms with E-state index in [1.807, 2.05) is 0 Å². The molecule has 0 aliphatic rings. The third-order valence-electron chi connectivity index (χ3n) is 3.28. The van der Waals surface area contributed by atoms with Crippen molar-refractivity contribution >= 4 is 30.7 Å². The van der Waals surface area contributed by atoms with Gasteiger partial charge in [0.15, 0.2) is 0 Å². The summed E-state index contributed by atoms with van der Waals surface area (Å²) in [5, 5.41) is 0. The Balaban J connectivity index is 2.46. The number of methoxy groups -OCH3 is 1. The van der Waals surface area contributed by atoms with Crippen LogP contribution in [0.5, 0.6) is 5.75 Å². The third-order valence-corrected chi connectivity index (χ3v) is 5.74. The fraction of sp³-hybridized carbons (Fsp3) is 0.529. The molecule has 0 heterocycles. The summed E-state index contributed by atoms with van der Waals surface area (Å²) in [7, 11) is 0.835. The Kier molecular flexibility index (Phi) is 7.30. The lowest BCUT2D eigenvalue weighted by Crippen LogP contribution is -2.17. The molecule has 1 nitrogen and oxygen atoms in total. The highest BCUT2D eigenvalue weighted by Gasteiger charge is 2.09. The Bertz CT molecular complexity index is 461. The summed E-state index contributed by atoms with van der Waals surface area (Å²) >= 11 is 2.43. The van der Waals surface area contributed by atoms with Gasteiger partial charge in [0.2, 0.25) is 0 Å². The van der Waals surface area contributed by atoms with E-state index in [1.165, 1.54) is 33.6 Å². The van der Waals surface area contributed by atoms with Crippen LogP contribution in [0.1, 0.15) is 24.0 Å². The van der Waals surface area contributed by atoms with Gasteiger partial charge in [0.1, 0.15) is 5.75 Å². The monoisotopic (exact) mass is 402 g/mol. The van der Waals surface area contributed by atoms with Gasteiger partial charge in [-0.15, -0.1) is 0 Å². The highest BCUT2D eigenvalue weighted by Crippen LogP contribution is 2.25. The highest BCUT2D eigenvalue weighted by atomic mass is 127. The van der Waals surface area contributed by atoms with Crippen molar-refractivity contribution < 1.29 is 4.74 Å². The van der Waals surface area contributed by atoms with E-state index in [0.29, 0.717) is 0 Å². The summed E-state index contributed by atoms with van der Waals surface area (Å²) < 4.78 is 6.76. The van der Waals surface area contributed by atoms with Gasteiger partial charge in [0, 0.05) is 11.6 Å². The molecular weight excluding hydrogens is 375 g/mol. The number of hydrogen-bond acceptors (Lipinski definition) is 1. The van der Waals surface area contributed by atoms with Crippen LogP contribution in [0.15, 0.2) is 24.3 Å². The smallest absolute Gasteiger partial charge is 0.122 e. The number of rotatable bonds is 7. The van der Waals surface area contributed by atoms with E-state index in [9.17, 15) is 0 Å². The van der Waals surface area contributed by atoms with Crippen molar-refractivity contribution in [1.82, 2.24) is 0 Å². The predicted octanol–water partition coefficient (Wildman–Crippen LogP) is 5.83. The standard InChI is InChI=1S/C17H27IOSi/c1-14-12-16(18)15(13-17(14)19-2)10-8-6-7-9-11-20(3,4)5/h7,9,12-13H,6,8,10-11H2,1-5H3/b9-7+. The topological polar surface area (TPSA) is 9.23 Å². The van der Waals surface area contributed by atoms with Gasteiger partial charge < -0.3 is 4.74 Å². The van der Waals surface area contributed by atoms with E-state index in [-0.39, 0.29) is 0 Å². The predicted molar refractivity (Wildman–Crippen MR) is 101 cm³/mol. The van der Waals surface area contributed by atoms with Crippen LogP contribution < -0.4 is 4.74 Å². The number of hydrogen-bond donors (Lipinski definition) is 0. The van der Waals surface area contributed by atoms with Crippen LogP contribution in [0.2, 0.25) is 25.7 Å². The molecule has 0 atom stereocenters. The van der Waals surface area contributed by atoms with Gasteiger partial charge in [-0.1, -0.05) is 31.8 Å². The van der Waals surface area contributed by atoms with Gasteiger partial charge in [-0.25, -0.2) is 0 Å². The molecule has 0 fully saturated rings. The molecule has 0 spiro atoms. The molecule has 20 heavy (non-hydrogen) atoms. The number of unbranched alkanes of at least 4 members (excludes halogenated alkanes) is 1. The molecule has 112 valence electrons. The molecular formula is C17H27IOSi. The van der Waals surface area contributed by atoms with Crippen molar-refractivity contribution in [1.29, 1.82) is 0 Å². The van der Waals surface area contributed by atoms with E-state index in [4.69, 9.17) is 4.74 Å². The lowest BCUT2D eigenvalue weighted by Gasteiger charge is -2.11. The SMILES string of the molecule is COc1cc(CCC/C=C/C[Si](C)(C)C)c(I)cc1C. The van der Waals surface area contributed by atoms with E-state index >= 15 is 0 Å². The maximum absolute atomic E-state index is 5.41. The number of halogens is 1. The summed E-state index contributed by atoms with van der Waals surface area (Å²) in [6.07, 6.45) is 8.26. The summed E-state index contributed by atoms with van der Waals surface area (Å²) in [5.74, 6) is 1.01. The fourth-order valence-corrected chi connectivity index (χ4v) is 3.84. The molecule has 0 saturated carbocycles. The van der Waals surface area contributed by atoms with Crippen LogP contribution in [0.3, 0.4) is 0 Å². The second-order valence-electron chi connectivity index (χ2n) is 6.54. The molecule has 0 aliphatic carbocycles. The molecule has 0 bridgehead atoms. The number of aryl methyl sites for hydroxylation is 2. The molecule has 0 radical (unpaired) electrons. The molecule has 0 saturated heterocycles. The van der Waals surface area contributed by atoms with Crippen molar-refractivity contribution in [2.75, 3.05) is 7.11 Å². The first-order chi connectivity index (χ1) is 9.33. The first kappa shape index (κ1) is 17.8. The molecule has 0 aromatic heterocycles. The highest BCUT2D eigenvalue weighted by molar-refractivity contribution is 14.1. The van der Waals surface area contributed by atoms with Crippen LogP contribution in [0.25, 0.3) is 0 Å². The number of benzene rings is 1. The Morgan fingerprint density at radius 3 is 2.50 bits per heavy atom. The summed E-state index contributed by atoms with van der Waals surface area (Å²) in [4.78, 5) is 0. The molecule has 0 N–H and O–H groups in total. The first-order valence-corrected chi connectivity index (χ1v) is 12.1. The van der Waals surface area contributed by atoms with Crippen LogP contribution in [-0.2, 0) is 6.42 Å². The van der Waals surface area contributed by atoms with Gasteiger partial charge in [0.25, 0.3) is 0 Å². The molecule has 1 aromatic rings. The second-order valence-corrected chi connectivity index (χ2v) is 13.2. The molecule has 3 heteroatoms. The van der Waals surface area contributed by atoms with E-state index in [1.54, 1.807) is 7.11 Å². The quantitative estimate of drug-likeness (QED) is 0.242.